The van der Waals surface area contributed by atoms with Crippen molar-refractivity contribution < 1.29 is 0 Å². The van der Waals surface area contributed by atoms with Gasteiger partial charge in [0.15, 0.2) is 0 Å². The average Bonchev–Trinajstić information content (AvgIpc) is 2.81. The Bertz CT molecular complexity index is 559. The molecule has 0 fully saturated rings. The van der Waals surface area contributed by atoms with Gasteiger partial charge in [0.05, 0.1) is 6.04 Å². The molecular formula is C11H16N6O. The van der Waals surface area contributed by atoms with Gasteiger partial charge < -0.3 is 10.3 Å². The molecule has 0 aliphatic rings. The van der Waals surface area contributed by atoms with Crippen LogP contribution >= 0.6 is 0 Å². The van der Waals surface area contributed by atoms with E-state index in [2.05, 4.69) is 30.5 Å². The summed E-state index contributed by atoms with van der Waals surface area (Å²) >= 11 is 0. The van der Waals surface area contributed by atoms with Gasteiger partial charge in [0.1, 0.15) is 23.8 Å². The van der Waals surface area contributed by atoms with Crippen LogP contribution in [0.5, 0.6) is 0 Å². The molecule has 0 amide bonds. The number of H-pyrrole nitrogens is 2. The number of aromatic amines is 2. The van der Waals surface area contributed by atoms with Crippen LogP contribution in [0.3, 0.4) is 0 Å². The van der Waals surface area contributed by atoms with E-state index in [1.165, 1.54) is 12.4 Å². The molecule has 0 aromatic carbocycles. The van der Waals surface area contributed by atoms with Gasteiger partial charge in [-0.2, -0.15) is 5.10 Å². The van der Waals surface area contributed by atoms with E-state index in [0.717, 1.165) is 0 Å². The van der Waals surface area contributed by atoms with E-state index >= 15 is 0 Å². The molecular weight excluding hydrogens is 232 g/mol. The van der Waals surface area contributed by atoms with Crippen molar-refractivity contribution in [2.75, 3.05) is 5.32 Å². The molecule has 0 saturated heterocycles. The summed E-state index contributed by atoms with van der Waals surface area (Å²) in [4.78, 5) is 22.6. The minimum absolute atomic E-state index is 0.0955. The Labute approximate surface area is 104 Å². The van der Waals surface area contributed by atoms with Crippen LogP contribution in [0.25, 0.3) is 0 Å². The van der Waals surface area contributed by atoms with Crippen LogP contribution in [-0.4, -0.2) is 25.1 Å². The summed E-state index contributed by atoms with van der Waals surface area (Å²) in [6.07, 6.45) is 1.44. The van der Waals surface area contributed by atoms with Crippen LogP contribution in [0.1, 0.15) is 44.4 Å². The first-order valence-electron chi connectivity index (χ1n) is 5.79. The number of rotatable bonds is 4. The van der Waals surface area contributed by atoms with Gasteiger partial charge in [-0.25, -0.2) is 9.97 Å². The van der Waals surface area contributed by atoms with Gasteiger partial charge >= 0.3 is 0 Å². The zero-order chi connectivity index (χ0) is 13.1. The Morgan fingerprint density at radius 2 is 2.06 bits per heavy atom. The molecule has 7 heteroatoms. The summed E-state index contributed by atoms with van der Waals surface area (Å²) in [6, 6.07) is 1.33. The van der Waals surface area contributed by atoms with Gasteiger partial charge in [-0.05, 0) is 6.92 Å². The summed E-state index contributed by atoms with van der Waals surface area (Å²) in [7, 11) is 0. The highest BCUT2D eigenvalue weighted by atomic mass is 16.1. The Balaban J connectivity index is 2.21. The SMILES string of the molecule is CC(C)c1nc(NC(C)c2ncn[nH]2)cc(=O)[nH]1. The highest BCUT2D eigenvalue weighted by Crippen LogP contribution is 2.14. The van der Waals surface area contributed by atoms with Crippen LogP contribution in [-0.2, 0) is 0 Å². The number of hydrogen-bond acceptors (Lipinski definition) is 5. The molecule has 2 heterocycles. The second-order valence-electron chi connectivity index (χ2n) is 4.41. The van der Waals surface area contributed by atoms with Crippen molar-refractivity contribution in [3.63, 3.8) is 0 Å². The number of nitrogens with one attached hydrogen (secondary N) is 3. The summed E-state index contributed by atoms with van der Waals surface area (Å²) in [5.41, 5.74) is -0.166. The minimum Gasteiger partial charge on any atom is -0.360 e. The van der Waals surface area contributed by atoms with E-state index in [1.54, 1.807) is 0 Å². The maximum absolute atomic E-state index is 11.5. The van der Waals surface area contributed by atoms with Gasteiger partial charge in [0.2, 0.25) is 0 Å². The molecule has 0 bridgehead atoms. The van der Waals surface area contributed by atoms with E-state index in [-0.39, 0.29) is 17.5 Å². The van der Waals surface area contributed by atoms with Crippen molar-refractivity contribution in [2.24, 2.45) is 0 Å². The number of hydrogen-bond donors (Lipinski definition) is 3. The average molecular weight is 248 g/mol. The molecule has 2 rings (SSSR count). The largest absolute Gasteiger partial charge is 0.360 e. The van der Waals surface area contributed by atoms with Gasteiger partial charge in [-0.3, -0.25) is 9.89 Å². The smallest absolute Gasteiger partial charge is 0.252 e. The second-order valence-corrected chi connectivity index (χ2v) is 4.41. The number of anilines is 1. The first-order chi connectivity index (χ1) is 8.56. The molecule has 0 saturated carbocycles. The molecule has 96 valence electrons. The van der Waals surface area contributed by atoms with E-state index in [1.807, 2.05) is 20.8 Å². The minimum atomic E-state index is -0.166. The molecule has 2 aromatic rings. The number of nitrogens with zero attached hydrogens (tertiary/aromatic N) is 3. The fourth-order valence-corrected chi connectivity index (χ4v) is 1.54. The van der Waals surface area contributed by atoms with Crippen molar-refractivity contribution in [3.8, 4) is 0 Å². The zero-order valence-corrected chi connectivity index (χ0v) is 10.6. The lowest BCUT2D eigenvalue weighted by Gasteiger charge is -2.13. The van der Waals surface area contributed by atoms with Crippen LogP contribution < -0.4 is 10.9 Å². The predicted octanol–water partition coefficient (Wildman–Crippen LogP) is 1.18. The lowest BCUT2D eigenvalue weighted by Crippen LogP contribution is -2.16. The highest BCUT2D eigenvalue weighted by molar-refractivity contribution is 5.35. The standard InChI is InChI=1S/C11H16N6O/c1-6(2)10-15-8(4-9(18)16-10)14-7(3)11-12-5-13-17-11/h4-7H,1-3H3,(H,12,13,17)(H2,14,15,16,18). The molecule has 2 aromatic heterocycles. The lowest BCUT2D eigenvalue weighted by atomic mass is 10.2. The zero-order valence-electron chi connectivity index (χ0n) is 10.6. The van der Waals surface area contributed by atoms with Gasteiger partial charge in [0.25, 0.3) is 5.56 Å². The Morgan fingerprint density at radius 1 is 1.28 bits per heavy atom. The molecule has 0 radical (unpaired) electrons. The molecule has 1 unspecified atom stereocenters. The van der Waals surface area contributed by atoms with Crippen molar-refractivity contribution in [2.45, 2.75) is 32.7 Å². The van der Waals surface area contributed by atoms with E-state index in [4.69, 9.17) is 0 Å². The van der Waals surface area contributed by atoms with Crippen LogP contribution in [0.4, 0.5) is 5.82 Å². The first-order valence-corrected chi connectivity index (χ1v) is 5.79. The quantitative estimate of drug-likeness (QED) is 0.754. The number of aromatic nitrogens is 5. The van der Waals surface area contributed by atoms with E-state index < -0.39 is 0 Å². The molecule has 7 nitrogen and oxygen atoms in total. The molecule has 0 aliphatic carbocycles. The van der Waals surface area contributed by atoms with Gasteiger partial charge in [-0.1, -0.05) is 13.8 Å². The molecule has 3 N–H and O–H groups in total. The monoisotopic (exact) mass is 248 g/mol. The van der Waals surface area contributed by atoms with Crippen molar-refractivity contribution in [1.29, 1.82) is 0 Å². The fourth-order valence-electron chi connectivity index (χ4n) is 1.54. The Hall–Kier alpha value is -2.18. The van der Waals surface area contributed by atoms with E-state index in [9.17, 15) is 4.79 Å². The lowest BCUT2D eigenvalue weighted by molar-refractivity contribution is 0.750. The topological polar surface area (TPSA) is 99.3 Å². The van der Waals surface area contributed by atoms with Crippen molar-refractivity contribution >= 4 is 5.82 Å². The predicted molar refractivity (Wildman–Crippen MR) is 67.4 cm³/mol. The summed E-state index contributed by atoms with van der Waals surface area (Å²) < 4.78 is 0. The molecule has 0 spiro atoms. The van der Waals surface area contributed by atoms with Gasteiger partial charge in [0, 0.05) is 12.0 Å². The van der Waals surface area contributed by atoms with Crippen LogP contribution in [0.15, 0.2) is 17.2 Å². The van der Waals surface area contributed by atoms with E-state index in [0.29, 0.717) is 17.5 Å². The van der Waals surface area contributed by atoms with Crippen molar-refractivity contribution in [1.82, 2.24) is 25.1 Å². The normalized spacial score (nSPS) is 12.7. The second kappa shape index (κ2) is 4.99. The highest BCUT2D eigenvalue weighted by Gasteiger charge is 2.11. The maximum atomic E-state index is 11.5. The summed E-state index contributed by atoms with van der Waals surface area (Å²) in [5.74, 6) is 2.06. The summed E-state index contributed by atoms with van der Waals surface area (Å²) in [5, 5.41) is 9.67. The summed E-state index contributed by atoms with van der Waals surface area (Å²) in [6.45, 7) is 5.86. The fraction of sp³-hybridized carbons (Fsp3) is 0.455. The Morgan fingerprint density at radius 3 is 2.67 bits per heavy atom. The molecule has 1 atom stereocenters. The maximum Gasteiger partial charge on any atom is 0.252 e. The van der Waals surface area contributed by atoms with Crippen LogP contribution in [0.2, 0.25) is 0 Å². The molecule has 0 aliphatic heterocycles. The third-order valence-electron chi connectivity index (χ3n) is 2.52. The third-order valence-corrected chi connectivity index (χ3v) is 2.52. The molecule has 18 heavy (non-hydrogen) atoms. The first kappa shape index (κ1) is 12.3. The third kappa shape index (κ3) is 2.73. The Kier molecular flexibility index (Phi) is 3.40. The van der Waals surface area contributed by atoms with Crippen LogP contribution in [0, 0.1) is 0 Å². The van der Waals surface area contributed by atoms with Gasteiger partial charge in [-0.15, -0.1) is 0 Å². The van der Waals surface area contributed by atoms with Crippen molar-refractivity contribution in [3.05, 3.63) is 34.4 Å².